The maximum atomic E-state index is 11.9. The van der Waals surface area contributed by atoms with Crippen LogP contribution in [0.4, 0.5) is 13.2 Å². The van der Waals surface area contributed by atoms with E-state index < -0.39 is 17.5 Å². The van der Waals surface area contributed by atoms with Gasteiger partial charge in [0.25, 0.3) is 0 Å². The van der Waals surface area contributed by atoms with Crippen LogP contribution in [0.2, 0.25) is 0 Å². The van der Waals surface area contributed by atoms with Crippen molar-refractivity contribution in [3.8, 4) is 11.6 Å². The Morgan fingerprint density at radius 2 is 1.79 bits per heavy atom. The fraction of sp³-hybridized carbons (Fsp3) is 0.250. The van der Waals surface area contributed by atoms with Gasteiger partial charge in [-0.2, -0.15) is 0 Å². The Balaban J connectivity index is 0.000000302. The number of methoxy groups -OCH3 is 1. The fourth-order valence-corrected chi connectivity index (χ4v) is 3.09. The molecule has 0 atom stereocenters. The minimum absolute atomic E-state index is 0.439. The molecule has 0 bridgehead atoms. The molecular weight excluding hydrogens is 445 g/mol. The second-order valence-corrected chi connectivity index (χ2v) is 7.43. The average molecular weight is 470 g/mol. The van der Waals surface area contributed by atoms with Crippen LogP contribution in [0.1, 0.15) is 30.5 Å². The molecule has 3 aromatic rings. The third-order valence-electron chi connectivity index (χ3n) is 4.67. The first-order valence-electron chi connectivity index (χ1n) is 10.6. The van der Waals surface area contributed by atoms with Crippen molar-refractivity contribution in [2.75, 3.05) is 13.7 Å². The number of nitrogens with two attached hydrogens (primary N) is 1. The van der Waals surface area contributed by atoms with E-state index in [-0.39, 0.29) is 0 Å². The molecule has 2 aromatic heterocycles. The lowest BCUT2D eigenvalue weighted by molar-refractivity contribution is 0.410. The molecule has 0 saturated carbocycles. The predicted octanol–water partition coefficient (Wildman–Crippen LogP) is 4.64. The summed E-state index contributed by atoms with van der Waals surface area (Å²) in [5.41, 5.74) is 7.76. The van der Waals surface area contributed by atoms with E-state index >= 15 is 0 Å². The largest absolute Gasteiger partial charge is 0.493 e. The highest BCUT2D eigenvalue weighted by molar-refractivity contribution is 6.03. The smallest absolute Gasteiger partial charge is 0.180 e. The number of benzene rings is 1. The molecule has 1 aromatic carbocycles. The van der Waals surface area contributed by atoms with Gasteiger partial charge in [0.1, 0.15) is 35.5 Å². The van der Waals surface area contributed by atoms with Crippen LogP contribution in [-0.4, -0.2) is 39.9 Å². The molecule has 1 aliphatic rings. The van der Waals surface area contributed by atoms with E-state index in [2.05, 4.69) is 20.0 Å². The molecule has 0 aliphatic carbocycles. The molecule has 34 heavy (non-hydrogen) atoms. The van der Waals surface area contributed by atoms with E-state index in [0.717, 1.165) is 42.9 Å². The van der Waals surface area contributed by atoms with Gasteiger partial charge in [0.05, 0.1) is 12.8 Å². The number of ether oxygens (including phenoxy) is 1. The highest BCUT2D eigenvalue weighted by atomic mass is 19.1. The maximum absolute atomic E-state index is 11.9. The number of amidine groups is 2. The summed E-state index contributed by atoms with van der Waals surface area (Å²) in [6.07, 6.45) is 12.1. The molecular formula is C24H25F3N6O. The van der Waals surface area contributed by atoms with Crippen LogP contribution in [0.5, 0.6) is 5.75 Å². The van der Waals surface area contributed by atoms with Gasteiger partial charge in [-0.15, -0.1) is 0 Å². The summed E-state index contributed by atoms with van der Waals surface area (Å²) < 4.78 is 43.1. The van der Waals surface area contributed by atoms with Crippen molar-refractivity contribution in [3.05, 3.63) is 77.8 Å². The molecule has 1 aliphatic heterocycles. The first-order valence-corrected chi connectivity index (χ1v) is 10.6. The summed E-state index contributed by atoms with van der Waals surface area (Å²) in [5, 5.41) is 0. The van der Waals surface area contributed by atoms with Crippen LogP contribution in [0, 0.1) is 24.4 Å². The second-order valence-electron chi connectivity index (χ2n) is 7.43. The van der Waals surface area contributed by atoms with Crippen LogP contribution in [0.15, 0.2) is 59.0 Å². The van der Waals surface area contributed by atoms with Gasteiger partial charge in [-0.1, -0.05) is 0 Å². The Bertz CT molecular complexity index is 1170. The standard InChI is InChI=1S/C18H22N6O.C6H3F3/c1-13-11-24(12-22-13)18-15(25-2)9-14(10-21-18)6-7-16(19)23-17-5-3-4-8-20-17;7-4-1-5(8)3-6(9)2-4/h6-7,9-12H,3-5,8H2,1-2H3,(H2,19,20,23);1-3H/b7-6+;. The Hall–Kier alpha value is -3.95. The van der Waals surface area contributed by atoms with Gasteiger partial charge in [-0.25, -0.2) is 28.1 Å². The molecule has 0 amide bonds. The number of aliphatic imine (C=N–C) groups is 2. The SMILES string of the molecule is COc1cc(/C=C/C(N)=NC2=NCCCC2)cnc1-n1cnc(C)c1.Fc1cc(F)cc(F)c1. The van der Waals surface area contributed by atoms with Crippen molar-refractivity contribution in [1.29, 1.82) is 0 Å². The van der Waals surface area contributed by atoms with E-state index in [9.17, 15) is 13.2 Å². The van der Waals surface area contributed by atoms with E-state index in [1.54, 1.807) is 25.7 Å². The topological polar surface area (TPSA) is 90.7 Å². The third-order valence-corrected chi connectivity index (χ3v) is 4.67. The van der Waals surface area contributed by atoms with Gasteiger partial charge in [0.2, 0.25) is 0 Å². The number of halogens is 3. The highest BCUT2D eigenvalue weighted by Crippen LogP contribution is 2.22. The van der Waals surface area contributed by atoms with Crippen molar-refractivity contribution in [2.24, 2.45) is 15.7 Å². The molecule has 2 N–H and O–H groups in total. The van der Waals surface area contributed by atoms with Crippen molar-refractivity contribution >= 4 is 17.7 Å². The van der Waals surface area contributed by atoms with Crippen LogP contribution in [0.25, 0.3) is 11.9 Å². The van der Waals surface area contributed by atoms with E-state index in [1.807, 2.05) is 29.8 Å². The summed E-state index contributed by atoms with van der Waals surface area (Å²) in [6.45, 7) is 2.77. The van der Waals surface area contributed by atoms with Gasteiger partial charge >= 0.3 is 0 Å². The third kappa shape index (κ3) is 7.29. The lowest BCUT2D eigenvalue weighted by Gasteiger charge is -2.09. The second kappa shape index (κ2) is 11.8. The van der Waals surface area contributed by atoms with Crippen molar-refractivity contribution in [3.63, 3.8) is 0 Å². The van der Waals surface area contributed by atoms with Crippen LogP contribution >= 0.6 is 0 Å². The van der Waals surface area contributed by atoms with E-state index in [1.165, 1.54) is 0 Å². The maximum Gasteiger partial charge on any atom is 0.180 e. The van der Waals surface area contributed by atoms with Gasteiger partial charge < -0.3 is 10.5 Å². The Morgan fingerprint density at radius 1 is 1.09 bits per heavy atom. The Labute approximate surface area is 195 Å². The van der Waals surface area contributed by atoms with Crippen molar-refractivity contribution < 1.29 is 17.9 Å². The molecule has 0 fully saturated rings. The number of rotatable bonds is 4. The van der Waals surface area contributed by atoms with E-state index in [0.29, 0.717) is 35.6 Å². The monoisotopic (exact) mass is 470 g/mol. The van der Waals surface area contributed by atoms with Gasteiger partial charge in [-0.3, -0.25) is 9.56 Å². The zero-order chi connectivity index (χ0) is 24.5. The number of aromatic nitrogens is 3. The zero-order valence-corrected chi connectivity index (χ0v) is 18.9. The number of hydrogen-bond donors (Lipinski definition) is 1. The Kier molecular flexibility index (Phi) is 8.55. The lowest BCUT2D eigenvalue weighted by Crippen LogP contribution is -2.13. The summed E-state index contributed by atoms with van der Waals surface area (Å²) in [7, 11) is 1.62. The van der Waals surface area contributed by atoms with Crippen molar-refractivity contribution in [1.82, 2.24) is 14.5 Å². The lowest BCUT2D eigenvalue weighted by atomic mass is 10.2. The van der Waals surface area contributed by atoms with Crippen LogP contribution < -0.4 is 10.5 Å². The normalized spacial score (nSPS) is 13.9. The Morgan fingerprint density at radius 3 is 2.35 bits per heavy atom. The average Bonchev–Trinajstić information content (AvgIpc) is 3.23. The number of imidazole rings is 1. The minimum Gasteiger partial charge on any atom is -0.493 e. The predicted molar refractivity (Wildman–Crippen MR) is 126 cm³/mol. The molecule has 10 heteroatoms. The summed E-state index contributed by atoms with van der Waals surface area (Å²) >= 11 is 0. The molecule has 178 valence electrons. The zero-order valence-electron chi connectivity index (χ0n) is 18.9. The minimum atomic E-state index is -0.896. The number of hydrogen-bond acceptors (Lipinski definition) is 5. The molecule has 7 nitrogen and oxygen atoms in total. The fourth-order valence-electron chi connectivity index (χ4n) is 3.09. The molecule has 0 radical (unpaired) electrons. The van der Waals surface area contributed by atoms with Gasteiger partial charge in [0.15, 0.2) is 11.6 Å². The van der Waals surface area contributed by atoms with Gasteiger partial charge in [0, 0.05) is 43.6 Å². The molecule has 4 rings (SSSR count). The van der Waals surface area contributed by atoms with Gasteiger partial charge in [-0.05, 0) is 43.5 Å². The molecule has 0 unspecified atom stereocenters. The van der Waals surface area contributed by atoms with Crippen molar-refractivity contribution in [2.45, 2.75) is 26.2 Å². The van der Waals surface area contributed by atoms with Crippen LogP contribution in [0.3, 0.4) is 0 Å². The molecule has 3 heterocycles. The quantitative estimate of drug-likeness (QED) is 0.444. The van der Waals surface area contributed by atoms with Crippen LogP contribution in [-0.2, 0) is 0 Å². The van der Waals surface area contributed by atoms with E-state index in [4.69, 9.17) is 10.5 Å². The number of aryl methyl sites for hydroxylation is 1. The first-order chi connectivity index (χ1) is 16.3. The summed E-state index contributed by atoms with van der Waals surface area (Å²) in [6, 6.07) is 3.74. The first kappa shape index (κ1) is 24.7. The molecule has 0 spiro atoms. The highest BCUT2D eigenvalue weighted by Gasteiger charge is 2.08. The summed E-state index contributed by atoms with van der Waals surface area (Å²) in [4.78, 5) is 17.4. The number of nitrogens with zero attached hydrogens (tertiary/aromatic N) is 5. The molecule has 0 saturated heterocycles. The number of pyridine rings is 1. The summed E-state index contributed by atoms with van der Waals surface area (Å²) in [5.74, 6) is -0.0680.